The summed E-state index contributed by atoms with van der Waals surface area (Å²) in [5, 5.41) is 9.34. The van der Waals surface area contributed by atoms with E-state index in [0.29, 0.717) is 5.92 Å². The third-order valence-electron chi connectivity index (χ3n) is 4.49. The molecule has 1 heterocycles. The van der Waals surface area contributed by atoms with Crippen LogP contribution in [0.15, 0.2) is 0 Å². The summed E-state index contributed by atoms with van der Waals surface area (Å²) in [7, 11) is 0. The third kappa shape index (κ3) is 3.70. The van der Waals surface area contributed by atoms with Gasteiger partial charge in [-0.05, 0) is 57.7 Å². The van der Waals surface area contributed by atoms with Crippen molar-refractivity contribution in [2.45, 2.75) is 51.4 Å². The Bertz CT molecular complexity index is 243. The molecule has 0 aromatic carbocycles. The van der Waals surface area contributed by atoms with E-state index in [1.807, 2.05) is 0 Å². The number of aliphatic carboxylic acids is 1. The van der Waals surface area contributed by atoms with E-state index in [1.165, 1.54) is 45.2 Å². The molecule has 2 aliphatic rings. The van der Waals surface area contributed by atoms with Gasteiger partial charge in [0.1, 0.15) is 0 Å². The van der Waals surface area contributed by atoms with E-state index < -0.39 is 5.97 Å². The second-order valence-corrected chi connectivity index (χ2v) is 5.68. The van der Waals surface area contributed by atoms with Crippen LogP contribution >= 0.6 is 0 Å². The van der Waals surface area contributed by atoms with Gasteiger partial charge in [0.2, 0.25) is 0 Å². The van der Waals surface area contributed by atoms with Crippen LogP contribution in [0.25, 0.3) is 0 Å². The monoisotopic (exact) mass is 239 g/mol. The highest BCUT2D eigenvalue weighted by Gasteiger charge is 2.30. The summed E-state index contributed by atoms with van der Waals surface area (Å²) in [6.07, 6.45) is 9.54. The van der Waals surface area contributed by atoms with Crippen LogP contribution in [0.1, 0.15) is 51.4 Å². The number of carboxylic acids is 1. The summed E-state index contributed by atoms with van der Waals surface area (Å²) in [5.74, 6) is -0.189. The Morgan fingerprint density at radius 2 is 1.76 bits per heavy atom. The highest BCUT2D eigenvalue weighted by atomic mass is 16.4. The maximum Gasteiger partial charge on any atom is 0.306 e. The predicted octanol–water partition coefficient (Wildman–Crippen LogP) is 2.75. The molecule has 1 saturated carbocycles. The van der Waals surface area contributed by atoms with Gasteiger partial charge in [0.05, 0.1) is 5.92 Å². The molecule has 98 valence electrons. The van der Waals surface area contributed by atoms with E-state index in [1.54, 1.807) is 0 Å². The Morgan fingerprint density at radius 1 is 1.12 bits per heavy atom. The average Bonchev–Trinajstić information content (AvgIpc) is 2.84. The molecular weight excluding hydrogens is 214 g/mol. The lowest BCUT2D eigenvalue weighted by molar-refractivity contribution is -0.144. The first-order valence-electron chi connectivity index (χ1n) is 7.22. The molecule has 0 amide bonds. The highest BCUT2D eigenvalue weighted by Crippen LogP contribution is 2.33. The van der Waals surface area contributed by atoms with E-state index in [-0.39, 0.29) is 5.92 Å². The summed E-state index contributed by atoms with van der Waals surface area (Å²) >= 11 is 0. The van der Waals surface area contributed by atoms with E-state index in [9.17, 15) is 9.90 Å². The Morgan fingerprint density at radius 3 is 2.35 bits per heavy atom. The molecule has 1 atom stereocenters. The van der Waals surface area contributed by atoms with Gasteiger partial charge in [-0.3, -0.25) is 4.79 Å². The molecule has 2 rings (SSSR count). The molecule has 0 bridgehead atoms. The average molecular weight is 239 g/mol. The van der Waals surface area contributed by atoms with Gasteiger partial charge in [-0.2, -0.15) is 0 Å². The van der Waals surface area contributed by atoms with Crippen molar-refractivity contribution < 1.29 is 9.90 Å². The van der Waals surface area contributed by atoms with Gasteiger partial charge >= 0.3 is 5.97 Å². The van der Waals surface area contributed by atoms with Crippen LogP contribution in [-0.4, -0.2) is 35.6 Å². The predicted molar refractivity (Wildman–Crippen MR) is 68.0 cm³/mol. The van der Waals surface area contributed by atoms with Crippen molar-refractivity contribution >= 4 is 5.97 Å². The maximum absolute atomic E-state index is 11.3. The van der Waals surface area contributed by atoms with E-state index in [0.717, 1.165) is 25.8 Å². The number of carbonyl (C=O) groups is 1. The molecule has 0 aromatic rings. The quantitative estimate of drug-likeness (QED) is 0.802. The largest absolute Gasteiger partial charge is 0.481 e. The van der Waals surface area contributed by atoms with Crippen LogP contribution in [0.2, 0.25) is 0 Å². The second-order valence-electron chi connectivity index (χ2n) is 5.68. The lowest BCUT2D eigenvalue weighted by Crippen LogP contribution is -2.34. The zero-order chi connectivity index (χ0) is 12.1. The van der Waals surface area contributed by atoms with Crippen LogP contribution in [0.5, 0.6) is 0 Å². The summed E-state index contributed by atoms with van der Waals surface area (Å²) in [6, 6.07) is 0. The molecule has 0 spiro atoms. The molecule has 2 fully saturated rings. The second kappa shape index (κ2) is 6.39. The minimum Gasteiger partial charge on any atom is -0.481 e. The molecule has 1 aliphatic carbocycles. The zero-order valence-electron chi connectivity index (χ0n) is 10.7. The van der Waals surface area contributed by atoms with E-state index >= 15 is 0 Å². The molecule has 3 nitrogen and oxygen atoms in total. The minimum atomic E-state index is -0.561. The first-order chi connectivity index (χ1) is 8.27. The van der Waals surface area contributed by atoms with Crippen molar-refractivity contribution in [1.29, 1.82) is 0 Å². The molecule has 1 N–H and O–H groups in total. The van der Waals surface area contributed by atoms with Gasteiger partial charge in [-0.15, -0.1) is 0 Å². The van der Waals surface area contributed by atoms with E-state index in [4.69, 9.17) is 0 Å². The van der Waals surface area contributed by atoms with Crippen molar-refractivity contribution in [1.82, 2.24) is 4.90 Å². The summed E-state index contributed by atoms with van der Waals surface area (Å²) in [4.78, 5) is 13.8. The van der Waals surface area contributed by atoms with Crippen molar-refractivity contribution in [3.63, 3.8) is 0 Å². The maximum atomic E-state index is 11.3. The SMILES string of the molecule is O=C(O)C(CCN1CCCCC1)C1CCCC1. The zero-order valence-corrected chi connectivity index (χ0v) is 10.7. The summed E-state index contributed by atoms with van der Waals surface area (Å²) < 4.78 is 0. The molecule has 1 unspecified atom stereocenters. The number of piperidine rings is 1. The van der Waals surface area contributed by atoms with E-state index in [2.05, 4.69) is 4.90 Å². The molecule has 17 heavy (non-hydrogen) atoms. The Hall–Kier alpha value is -0.570. The molecule has 1 saturated heterocycles. The Balaban J connectivity index is 1.78. The number of likely N-dealkylation sites (tertiary alicyclic amines) is 1. The number of carboxylic acid groups (broad SMARTS) is 1. The van der Waals surface area contributed by atoms with Crippen LogP contribution in [0.3, 0.4) is 0 Å². The molecular formula is C14H25NO2. The number of nitrogens with zero attached hydrogens (tertiary/aromatic N) is 1. The van der Waals surface area contributed by atoms with Crippen molar-refractivity contribution in [3.8, 4) is 0 Å². The van der Waals surface area contributed by atoms with Crippen molar-refractivity contribution in [2.24, 2.45) is 11.8 Å². The fourth-order valence-corrected chi connectivity index (χ4v) is 3.43. The van der Waals surface area contributed by atoms with Crippen LogP contribution in [0.4, 0.5) is 0 Å². The number of hydrogen-bond donors (Lipinski definition) is 1. The number of rotatable bonds is 5. The summed E-state index contributed by atoms with van der Waals surface area (Å²) in [5.41, 5.74) is 0. The van der Waals surface area contributed by atoms with Gasteiger partial charge in [-0.25, -0.2) is 0 Å². The van der Waals surface area contributed by atoms with Crippen LogP contribution in [0, 0.1) is 11.8 Å². The van der Waals surface area contributed by atoms with Gasteiger partial charge in [0.25, 0.3) is 0 Å². The van der Waals surface area contributed by atoms with Gasteiger partial charge in [0, 0.05) is 0 Å². The molecule has 0 aromatic heterocycles. The topological polar surface area (TPSA) is 40.5 Å². The minimum absolute atomic E-state index is 0.0839. The molecule has 3 heteroatoms. The Kier molecular flexibility index (Phi) is 4.84. The lowest BCUT2D eigenvalue weighted by atomic mass is 9.88. The van der Waals surface area contributed by atoms with Gasteiger partial charge in [0.15, 0.2) is 0 Å². The third-order valence-corrected chi connectivity index (χ3v) is 4.49. The van der Waals surface area contributed by atoms with Crippen molar-refractivity contribution in [3.05, 3.63) is 0 Å². The molecule has 1 aliphatic heterocycles. The fraction of sp³-hybridized carbons (Fsp3) is 0.929. The normalized spacial score (nSPS) is 24.9. The standard InChI is InChI=1S/C14H25NO2/c16-14(17)13(12-6-2-3-7-12)8-11-15-9-4-1-5-10-15/h12-13H,1-11H2,(H,16,17). The van der Waals surface area contributed by atoms with Gasteiger partial charge in [-0.1, -0.05) is 19.3 Å². The smallest absolute Gasteiger partial charge is 0.306 e. The first kappa shape index (κ1) is 12.9. The molecule has 0 radical (unpaired) electrons. The summed E-state index contributed by atoms with van der Waals surface area (Å²) in [6.45, 7) is 3.35. The van der Waals surface area contributed by atoms with Crippen LogP contribution < -0.4 is 0 Å². The lowest BCUT2D eigenvalue weighted by Gasteiger charge is -2.28. The Labute approximate surface area is 104 Å². The number of hydrogen-bond acceptors (Lipinski definition) is 2. The van der Waals surface area contributed by atoms with Crippen molar-refractivity contribution in [2.75, 3.05) is 19.6 Å². The first-order valence-corrected chi connectivity index (χ1v) is 7.22. The van der Waals surface area contributed by atoms with Gasteiger partial charge < -0.3 is 10.0 Å². The van der Waals surface area contributed by atoms with Crippen LogP contribution in [-0.2, 0) is 4.79 Å². The highest BCUT2D eigenvalue weighted by molar-refractivity contribution is 5.70. The fourth-order valence-electron chi connectivity index (χ4n) is 3.43.